The lowest BCUT2D eigenvalue weighted by molar-refractivity contribution is -0.139. The molecule has 0 aromatic rings. The molecule has 2 N–H and O–H groups in total. The quantitative estimate of drug-likeness (QED) is 0.715. The van der Waals surface area contributed by atoms with Crippen molar-refractivity contribution in [2.45, 2.75) is 44.8 Å². The monoisotopic (exact) mass is 226 g/mol. The molecule has 0 aromatic carbocycles. The number of carbonyl (C=O) groups is 1. The minimum atomic E-state index is -0.395. The van der Waals surface area contributed by atoms with Crippen LogP contribution in [-0.2, 0) is 4.79 Å². The molecule has 92 valence electrons. The number of aliphatic hydroxyl groups excluding tert-OH is 1. The van der Waals surface area contributed by atoms with Crippen molar-refractivity contribution in [3.8, 4) is 0 Å². The number of piperidine rings is 1. The number of nitrogens with zero attached hydrogens (tertiary/aromatic N) is 1. The lowest BCUT2D eigenvalue weighted by Crippen LogP contribution is -2.46. The van der Waals surface area contributed by atoms with E-state index in [4.69, 9.17) is 0 Å². The zero-order chi connectivity index (χ0) is 11.5. The summed E-state index contributed by atoms with van der Waals surface area (Å²) in [5, 5.41) is 12.9. The molecule has 2 saturated heterocycles. The third kappa shape index (κ3) is 2.38. The molecule has 0 radical (unpaired) electrons. The fourth-order valence-corrected chi connectivity index (χ4v) is 2.87. The average Bonchev–Trinajstić information content (AvgIpc) is 2.78. The van der Waals surface area contributed by atoms with Gasteiger partial charge in [0.25, 0.3) is 0 Å². The highest BCUT2D eigenvalue weighted by Gasteiger charge is 2.35. The second kappa shape index (κ2) is 5.15. The minimum absolute atomic E-state index is 0.0578. The summed E-state index contributed by atoms with van der Waals surface area (Å²) in [5.41, 5.74) is 0. The van der Waals surface area contributed by atoms with E-state index in [2.05, 4.69) is 5.32 Å². The van der Waals surface area contributed by atoms with Crippen LogP contribution >= 0.6 is 0 Å². The van der Waals surface area contributed by atoms with Gasteiger partial charge in [0, 0.05) is 12.5 Å². The molecule has 0 unspecified atom stereocenters. The highest BCUT2D eigenvalue weighted by Crippen LogP contribution is 2.25. The van der Waals surface area contributed by atoms with Crippen LogP contribution in [0.15, 0.2) is 0 Å². The molecule has 4 nitrogen and oxygen atoms in total. The lowest BCUT2D eigenvalue weighted by atomic mass is 9.96. The van der Waals surface area contributed by atoms with E-state index in [-0.39, 0.29) is 17.9 Å². The lowest BCUT2D eigenvalue weighted by Gasteiger charge is -2.32. The van der Waals surface area contributed by atoms with E-state index < -0.39 is 6.10 Å². The van der Waals surface area contributed by atoms with Gasteiger partial charge in [-0.3, -0.25) is 4.79 Å². The number of hydrogen-bond acceptors (Lipinski definition) is 3. The van der Waals surface area contributed by atoms with E-state index in [0.717, 1.165) is 45.3 Å². The van der Waals surface area contributed by atoms with Gasteiger partial charge in [-0.05, 0) is 45.7 Å². The van der Waals surface area contributed by atoms with Gasteiger partial charge in [0.05, 0.1) is 12.1 Å². The first-order valence-corrected chi connectivity index (χ1v) is 6.39. The van der Waals surface area contributed by atoms with Crippen molar-refractivity contribution < 1.29 is 9.90 Å². The zero-order valence-corrected chi connectivity index (χ0v) is 9.98. The van der Waals surface area contributed by atoms with Crippen LogP contribution in [0, 0.1) is 5.92 Å². The Morgan fingerprint density at radius 1 is 1.38 bits per heavy atom. The molecule has 2 rings (SSSR count). The van der Waals surface area contributed by atoms with E-state index in [1.165, 1.54) is 0 Å². The molecule has 0 saturated carbocycles. The molecule has 1 amide bonds. The highest BCUT2D eigenvalue weighted by atomic mass is 16.3. The van der Waals surface area contributed by atoms with Gasteiger partial charge in [-0.1, -0.05) is 0 Å². The molecule has 0 bridgehead atoms. The Morgan fingerprint density at radius 3 is 2.69 bits per heavy atom. The Hall–Kier alpha value is -0.610. The fraction of sp³-hybridized carbons (Fsp3) is 0.917. The van der Waals surface area contributed by atoms with E-state index in [1.54, 1.807) is 6.92 Å². The summed E-state index contributed by atoms with van der Waals surface area (Å²) in [4.78, 5) is 14.2. The van der Waals surface area contributed by atoms with Crippen molar-refractivity contribution >= 4 is 5.91 Å². The van der Waals surface area contributed by atoms with Crippen LogP contribution in [0.5, 0.6) is 0 Å². The van der Waals surface area contributed by atoms with Crippen LogP contribution in [0.4, 0.5) is 0 Å². The van der Waals surface area contributed by atoms with Crippen LogP contribution in [0.1, 0.15) is 32.6 Å². The van der Waals surface area contributed by atoms with Gasteiger partial charge in [0.1, 0.15) is 0 Å². The smallest absolute Gasteiger partial charge is 0.226 e. The summed E-state index contributed by atoms with van der Waals surface area (Å²) >= 11 is 0. The maximum Gasteiger partial charge on any atom is 0.226 e. The van der Waals surface area contributed by atoms with Crippen molar-refractivity contribution in [2.75, 3.05) is 19.6 Å². The normalized spacial score (nSPS) is 29.4. The van der Waals surface area contributed by atoms with Gasteiger partial charge in [0.2, 0.25) is 5.91 Å². The van der Waals surface area contributed by atoms with Crippen LogP contribution in [0.3, 0.4) is 0 Å². The zero-order valence-electron chi connectivity index (χ0n) is 9.98. The van der Waals surface area contributed by atoms with Gasteiger partial charge >= 0.3 is 0 Å². The topological polar surface area (TPSA) is 52.6 Å². The molecule has 2 aliphatic rings. The van der Waals surface area contributed by atoms with Gasteiger partial charge in [-0.2, -0.15) is 0 Å². The van der Waals surface area contributed by atoms with E-state index in [1.807, 2.05) is 4.90 Å². The van der Waals surface area contributed by atoms with Gasteiger partial charge < -0.3 is 15.3 Å². The molecule has 0 spiro atoms. The number of hydrogen-bond donors (Lipinski definition) is 2. The summed E-state index contributed by atoms with van der Waals surface area (Å²) < 4.78 is 0. The SMILES string of the molecule is C[C@H](O)[C@H]1CCCN1C(=O)C1CCNCC1. The Labute approximate surface area is 97.0 Å². The maximum absolute atomic E-state index is 12.3. The van der Waals surface area contributed by atoms with E-state index >= 15 is 0 Å². The number of likely N-dealkylation sites (tertiary alicyclic amines) is 1. The van der Waals surface area contributed by atoms with E-state index in [0.29, 0.717) is 0 Å². The summed E-state index contributed by atoms with van der Waals surface area (Å²) in [6.45, 7) is 4.52. The largest absolute Gasteiger partial charge is 0.391 e. The molecule has 2 heterocycles. The Morgan fingerprint density at radius 2 is 2.06 bits per heavy atom. The van der Waals surface area contributed by atoms with Crippen molar-refractivity contribution in [3.63, 3.8) is 0 Å². The summed E-state index contributed by atoms with van der Waals surface area (Å²) in [5.74, 6) is 0.450. The standard InChI is InChI=1S/C12H22N2O2/c1-9(15)11-3-2-8-14(11)12(16)10-4-6-13-7-5-10/h9-11,13,15H,2-8H2,1H3/t9-,11+/m0/s1. The first-order chi connectivity index (χ1) is 7.70. The first-order valence-electron chi connectivity index (χ1n) is 6.39. The van der Waals surface area contributed by atoms with Crippen molar-refractivity contribution in [1.82, 2.24) is 10.2 Å². The predicted octanol–water partition coefficient (Wildman–Crippen LogP) is 0.358. The van der Waals surface area contributed by atoms with Crippen LogP contribution in [0.2, 0.25) is 0 Å². The molecule has 2 atom stereocenters. The third-order valence-electron chi connectivity index (χ3n) is 3.83. The van der Waals surface area contributed by atoms with Crippen molar-refractivity contribution in [1.29, 1.82) is 0 Å². The highest BCUT2D eigenvalue weighted by molar-refractivity contribution is 5.79. The second-order valence-corrected chi connectivity index (χ2v) is 5.01. The molecular formula is C12H22N2O2. The van der Waals surface area contributed by atoms with Gasteiger partial charge in [-0.15, -0.1) is 0 Å². The fourth-order valence-electron chi connectivity index (χ4n) is 2.87. The molecule has 2 aliphatic heterocycles. The summed E-state index contributed by atoms with van der Waals surface area (Å²) in [6, 6.07) is 0.0578. The Balaban J connectivity index is 1.97. The molecular weight excluding hydrogens is 204 g/mol. The van der Waals surface area contributed by atoms with Gasteiger partial charge in [-0.25, -0.2) is 0 Å². The molecule has 0 aromatic heterocycles. The van der Waals surface area contributed by atoms with Crippen LogP contribution in [-0.4, -0.2) is 47.7 Å². The maximum atomic E-state index is 12.3. The third-order valence-corrected chi connectivity index (χ3v) is 3.83. The average molecular weight is 226 g/mol. The summed E-state index contributed by atoms with van der Waals surface area (Å²) in [7, 11) is 0. The number of amides is 1. The number of nitrogens with one attached hydrogen (secondary N) is 1. The van der Waals surface area contributed by atoms with Crippen molar-refractivity contribution in [2.24, 2.45) is 5.92 Å². The number of rotatable bonds is 2. The second-order valence-electron chi connectivity index (χ2n) is 5.01. The molecule has 0 aliphatic carbocycles. The Kier molecular flexibility index (Phi) is 3.82. The number of carbonyl (C=O) groups excluding carboxylic acids is 1. The molecule has 16 heavy (non-hydrogen) atoms. The first kappa shape index (κ1) is 11.9. The van der Waals surface area contributed by atoms with Gasteiger partial charge in [0.15, 0.2) is 0 Å². The molecule has 4 heteroatoms. The minimum Gasteiger partial charge on any atom is -0.391 e. The predicted molar refractivity (Wildman–Crippen MR) is 62.0 cm³/mol. The van der Waals surface area contributed by atoms with E-state index in [9.17, 15) is 9.90 Å². The number of aliphatic hydroxyl groups is 1. The summed E-state index contributed by atoms with van der Waals surface area (Å²) in [6.07, 6.45) is 3.48. The Bertz CT molecular complexity index is 249. The van der Waals surface area contributed by atoms with Crippen LogP contribution in [0.25, 0.3) is 0 Å². The molecule has 2 fully saturated rings. The van der Waals surface area contributed by atoms with Crippen molar-refractivity contribution in [3.05, 3.63) is 0 Å². The van der Waals surface area contributed by atoms with Crippen LogP contribution < -0.4 is 5.32 Å².